The van der Waals surface area contributed by atoms with Crippen LogP contribution >= 0.6 is 0 Å². The second kappa shape index (κ2) is 7.22. The van der Waals surface area contributed by atoms with E-state index in [1.807, 2.05) is 24.3 Å². The molecule has 1 aromatic carbocycles. The van der Waals surface area contributed by atoms with E-state index in [1.54, 1.807) is 11.0 Å². The molecule has 3 saturated heterocycles. The van der Waals surface area contributed by atoms with E-state index >= 15 is 0 Å². The Balaban J connectivity index is 1.17. The van der Waals surface area contributed by atoms with E-state index in [4.69, 9.17) is 18.9 Å². The summed E-state index contributed by atoms with van der Waals surface area (Å²) in [7, 11) is 0. The summed E-state index contributed by atoms with van der Waals surface area (Å²) in [5.41, 5.74) is -0.0189. The number of nitrogens with one attached hydrogen (secondary N) is 1. The lowest BCUT2D eigenvalue weighted by molar-refractivity contribution is -0.132. The summed E-state index contributed by atoms with van der Waals surface area (Å²) >= 11 is 0. The fourth-order valence-electron chi connectivity index (χ4n) is 5.35. The molecule has 9 heteroatoms. The van der Waals surface area contributed by atoms with Crippen molar-refractivity contribution in [3.8, 4) is 11.5 Å². The number of fused-ring (bicyclic) bond motifs is 2. The minimum Gasteiger partial charge on any atom is -0.454 e. The van der Waals surface area contributed by atoms with Gasteiger partial charge in [-0.2, -0.15) is 0 Å². The van der Waals surface area contributed by atoms with Gasteiger partial charge in [-0.05, 0) is 12.1 Å². The van der Waals surface area contributed by atoms with Crippen molar-refractivity contribution in [1.29, 1.82) is 0 Å². The zero-order chi connectivity index (χ0) is 21.0. The Morgan fingerprint density at radius 1 is 1.19 bits per heavy atom. The molecule has 6 rings (SSSR count). The number of morpholine rings is 1. The molecule has 0 aromatic heterocycles. The molecule has 4 atom stereocenters. The average molecular weight is 427 g/mol. The van der Waals surface area contributed by atoms with Crippen molar-refractivity contribution in [2.24, 2.45) is 11.8 Å². The van der Waals surface area contributed by atoms with E-state index < -0.39 is 17.4 Å². The Bertz CT molecular complexity index is 945. The molecule has 0 radical (unpaired) electrons. The van der Waals surface area contributed by atoms with Crippen molar-refractivity contribution in [2.75, 3.05) is 57.6 Å². The maximum atomic E-state index is 13.4. The predicted octanol–water partition coefficient (Wildman–Crippen LogP) is 0.150. The van der Waals surface area contributed by atoms with Gasteiger partial charge in [0, 0.05) is 37.9 Å². The van der Waals surface area contributed by atoms with Crippen molar-refractivity contribution >= 4 is 17.5 Å². The molecule has 1 aromatic rings. The minimum absolute atomic E-state index is 0.0842. The number of carbonyl (C=O) groups is 2. The van der Waals surface area contributed by atoms with E-state index in [9.17, 15) is 9.59 Å². The number of anilines is 1. The molecule has 0 unspecified atom stereocenters. The number of carbonyl (C=O) groups excluding carboxylic acids is 2. The highest BCUT2D eigenvalue weighted by molar-refractivity contribution is 6.03. The summed E-state index contributed by atoms with van der Waals surface area (Å²) in [5, 5.41) is 3.03. The summed E-state index contributed by atoms with van der Waals surface area (Å²) in [6, 6.07) is 5.46. The molecule has 0 saturated carbocycles. The molecule has 3 fully saturated rings. The monoisotopic (exact) mass is 427 g/mol. The first-order chi connectivity index (χ1) is 15.1. The lowest BCUT2D eigenvalue weighted by Gasteiger charge is -2.27. The summed E-state index contributed by atoms with van der Waals surface area (Å²) in [5.74, 6) is 0.0632. The smallest absolute Gasteiger partial charge is 0.234 e. The van der Waals surface area contributed by atoms with E-state index in [-0.39, 0.29) is 24.7 Å². The molecule has 164 valence electrons. The first-order valence-corrected chi connectivity index (χ1v) is 10.8. The van der Waals surface area contributed by atoms with Gasteiger partial charge in [0.05, 0.1) is 37.7 Å². The third-order valence-electron chi connectivity index (χ3n) is 6.90. The number of hydrogen-bond donors (Lipinski definition) is 1. The zero-order valence-electron chi connectivity index (χ0n) is 17.1. The summed E-state index contributed by atoms with van der Waals surface area (Å²) in [4.78, 5) is 30.5. The number of rotatable bonds is 5. The largest absolute Gasteiger partial charge is 0.454 e. The summed E-state index contributed by atoms with van der Waals surface area (Å²) < 4.78 is 22.4. The normalized spacial score (nSPS) is 33.2. The second-order valence-electron chi connectivity index (χ2n) is 8.61. The lowest BCUT2D eigenvalue weighted by atomic mass is 9.77. The molecule has 0 aliphatic carbocycles. The van der Waals surface area contributed by atoms with Crippen LogP contribution in [0.3, 0.4) is 0 Å². The molecule has 1 N–H and O–H groups in total. The van der Waals surface area contributed by atoms with Gasteiger partial charge in [-0.1, -0.05) is 12.2 Å². The Hall–Kier alpha value is -2.62. The molecule has 2 bridgehead atoms. The van der Waals surface area contributed by atoms with Gasteiger partial charge in [0.1, 0.15) is 5.60 Å². The first-order valence-electron chi connectivity index (χ1n) is 10.8. The number of hydrogen-bond acceptors (Lipinski definition) is 7. The summed E-state index contributed by atoms with van der Waals surface area (Å²) in [6.45, 7) is 5.10. The van der Waals surface area contributed by atoms with E-state index in [0.717, 1.165) is 38.5 Å². The van der Waals surface area contributed by atoms with Gasteiger partial charge in [-0.3, -0.25) is 14.5 Å². The third-order valence-corrected chi connectivity index (χ3v) is 6.90. The van der Waals surface area contributed by atoms with Crippen LogP contribution in [0.15, 0.2) is 30.4 Å². The van der Waals surface area contributed by atoms with Gasteiger partial charge in [0.2, 0.25) is 18.6 Å². The van der Waals surface area contributed by atoms with Crippen LogP contribution in [0.1, 0.15) is 0 Å². The second-order valence-corrected chi connectivity index (χ2v) is 8.61. The van der Waals surface area contributed by atoms with Crippen LogP contribution in [0.2, 0.25) is 0 Å². The molecule has 5 aliphatic rings. The highest BCUT2D eigenvalue weighted by Gasteiger charge is 2.67. The van der Waals surface area contributed by atoms with Gasteiger partial charge in [0.15, 0.2) is 11.5 Å². The van der Waals surface area contributed by atoms with Gasteiger partial charge in [-0.15, -0.1) is 0 Å². The molecule has 5 aliphatic heterocycles. The minimum atomic E-state index is -0.746. The number of benzene rings is 1. The quantitative estimate of drug-likeness (QED) is 0.669. The van der Waals surface area contributed by atoms with Crippen molar-refractivity contribution in [3.63, 3.8) is 0 Å². The molecule has 31 heavy (non-hydrogen) atoms. The summed E-state index contributed by atoms with van der Waals surface area (Å²) in [6.07, 6.45) is 3.54. The van der Waals surface area contributed by atoms with E-state index in [0.29, 0.717) is 24.6 Å². The zero-order valence-corrected chi connectivity index (χ0v) is 17.1. The molecule has 5 heterocycles. The van der Waals surface area contributed by atoms with Crippen LogP contribution < -0.4 is 19.7 Å². The van der Waals surface area contributed by atoms with E-state index in [1.165, 1.54) is 0 Å². The molecule has 1 spiro atoms. The maximum Gasteiger partial charge on any atom is 0.234 e. The van der Waals surface area contributed by atoms with Crippen molar-refractivity contribution < 1.29 is 28.5 Å². The van der Waals surface area contributed by atoms with Gasteiger partial charge < -0.3 is 29.2 Å². The van der Waals surface area contributed by atoms with Crippen LogP contribution in [0.5, 0.6) is 11.5 Å². The molecule has 9 nitrogen and oxygen atoms in total. The highest BCUT2D eigenvalue weighted by Crippen LogP contribution is 2.53. The lowest BCUT2D eigenvalue weighted by Crippen LogP contribution is -2.46. The number of ether oxygens (including phenoxy) is 4. The average Bonchev–Trinajstić information content (AvgIpc) is 3.54. The first kappa shape index (κ1) is 19.1. The maximum absolute atomic E-state index is 13.4. The fraction of sp³-hybridized carbons (Fsp3) is 0.545. The van der Waals surface area contributed by atoms with Gasteiger partial charge >= 0.3 is 0 Å². The van der Waals surface area contributed by atoms with Crippen LogP contribution in [-0.4, -0.2) is 81.1 Å². The molecular formula is C22H25N3O6. The Labute approximate surface area is 179 Å². The van der Waals surface area contributed by atoms with Crippen molar-refractivity contribution in [1.82, 2.24) is 10.2 Å². The van der Waals surface area contributed by atoms with Crippen LogP contribution in [0.4, 0.5) is 5.69 Å². The van der Waals surface area contributed by atoms with Crippen LogP contribution in [0, 0.1) is 11.8 Å². The number of amides is 2. The van der Waals surface area contributed by atoms with Crippen molar-refractivity contribution in [2.45, 2.75) is 11.7 Å². The molecular weight excluding hydrogens is 402 g/mol. The Morgan fingerprint density at radius 2 is 2.03 bits per heavy atom. The van der Waals surface area contributed by atoms with Crippen molar-refractivity contribution in [3.05, 3.63) is 30.4 Å². The fourth-order valence-corrected chi connectivity index (χ4v) is 5.35. The van der Waals surface area contributed by atoms with Gasteiger partial charge in [-0.25, -0.2) is 0 Å². The standard InChI is InChI=1S/C22H25N3O6/c26-20(23-5-6-24-7-9-28-10-8-24)18-16-3-4-22(31-16)12-25(21(27)19(18)22)14-1-2-15-17(11-14)30-13-29-15/h1-4,11,16,18-19H,5-10,12-13H2,(H,23,26)/t16-,18-,19+,22+/m1/s1. The highest BCUT2D eigenvalue weighted by atomic mass is 16.7. The van der Waals surface area contributed by atoms with E-state index in [2.05, 4.69) is 10.2 Å². The van der Waals surface area contributed by atoms with Crippen LogP contribution in [0.25, 0.3) is 0 Å². The Morgan fingerprint density at radius 3 is 2.90 bits per heavy atom. The topological polar surface area (TPSA) is 89.6 Å². The molecule has 2 amide bonds. The van der Waals surface area contributed by atoms with Crippen LogP contribution in [-0.2, 0) is 19.1 Å². The Kier molecular flexibility index (Phi) is 4.45. The SMILES string of the molecule is O=C(NCCN1CCOCC1)[C@H]1[C@H]2C(=O)N(c3ccc4c(c3)OCO4)C[C@@]23C=C[C@H]1O3. The third kappa shape index (κ3) is 3.02. The number of nitrogens with zero attached hydrogens (tertiary/aromatic N) is 2. The predicted molar refractivity (Wildman–Crippen MR) is 109 cm³/mol. The van der Waals surface area contributed by atoms with Gasteiger partial charge in [0.25, 0.3) is 0 Å².